The smallest absolute Gasteiger partial charge is 0.268 e. The third-order valence-electron chi connectivity index (χ3n) is 2.94. The summed E-state index contributed by atoms with van der Waals surface area (Å²) < 4.78 is 5.35. The van der Waals surface area contributed by atoms with Crippen LogP contribution < -0.4 is 16.2 Å². The lowest BCUT2D eigenvalue weighted by Crippen LogP contribution is -2.31. The molecule has 0 fully saturated rings. The number of nitrogen functional groups attached to an aromatic ring is 1. The number of nitrogens with two attached hydrogens (primary N) is 1. The summed E-state index contributed by atoms with van der Waals surface area (Å²) in [6, 6.07) is 9.74. The van der Waals surface area contributed by atoms with Gasteiger partial charge in [-0.1, -0.05) is 12.1 Å². The molecule has 0 unspecified atom stereocenters. The molecule has 100 valence electrons. The largest absolute Gasteiger partial charge is 0.467 e. The summed E-state index contributed by atoms with van der Waals surface area (Å²) in [5.74, 6) is 5.38. The molecule has 5 nitrogen and oxygen atoms in total. The lowest BCUT2D eigenvalue weighted by molar-refractivity contribution is 0.0951. The summed E-state index contributed by atoms with van der Waals surface area (Å²) in [5, 5.41) is 0. The minimum atomic E-state index is -0.346. The SMILES string of the molecule is Cc1cccc(N(C)Cc2occc2C(=O)NN)c1. The van der Waals surface area contributed by atoms with Crippen molar-refractivity contribution in [1.82, 2.24) is 5.43 Å². The number of rotatable bonds is 4. The van der Waals surface area contributed by atoms with Gasteiger partial charge in [0.25, 0.3) is 5.91 Å². The number of benzene rings is 1. The van der Waals surface area contributed by atoms with E-state index in [0.29, 0.717) is 17.9 Å². The number of amides is 1. The number of hydrogen-bond donors (Lipinski definition) is 2. The number of furan rings is 1. The molecule has 0 aliphatic carbocycles. The van der Waals surface area contributed by atoms with Crippen LogP contribution in [0.1, 0.15) is 21.7 Å². The topological polar surface area (TPSA) is 71.5 Å². The molecule has 1 aromatic carbocycles. The van der Waals surface area contributed by atoms with Crippen molar-refractivity contribution in [2.24, 2.45) is 5.84 Å². The highest BCUT2D eigenvalue weighted by atomic mass is 16.3. The van der Waals surface area contributed by atoms with Crippen molar-refractivity contribution in [3.05, 3.63) is 53.5 Å². The Kier molecular flexibility index (Phi) is 3.87. The van der Waals surface area contributed by atoms with Gasteiger partial charge in [0.05, 0.1) is 18.4 Å². The summed E-state index contributed by atoms with van der Waals surface area (Å²) in [5.41, 5.74) is 4.82. The number of hydrogen-bond acceptors (Lipinski definition) is 4. The van der Waals surface area contributed by atoms with Crippen LogP contribution in [-0.4, -0.2) is 13.0 Å². The molecule has 0 saturated heterocycles. The van der Waals surface area contributed by atoms with Crippen LogP contribution in [0.3, 0.4) is 0 Å². The monoisotopic (exact) mass is 259 g/mol. The molecule has 0 spiro atoms. The van der Waals surface area contributed by atoms with Gasteiger partial charge in [-0.15, -0.1) is 0 Å². The van der Waals surface area contributed by atoms with Crippen molar-refractivity contribution in [2.45, 2.75) is 13.5 Å². The molecule has 19 heavy (non-hydrogen) atoms. The number of carbonyl (C=O) groups excluding carboxylic acids is 1. The number of aryl methyl sites for hydroxylation is 1. The minimum Gasteiger partial charge on any atom is -0.467 e. The fourth-order valence-electron chi connectivity index (χ4n) is 1.92. The van der Waals surface area contributed by atoms with Gasteiger partial charge in [-0.3, -0.25) is 10.2 Å². The molecule has 1 heterocycles. The molecule has 2 aromatic rings. The van der Waals surface area contributed by atoms with Gasteiger partial charge in [0.2, 0.25) is 0 Å². The van der Waals surface area contributed by atoms with Crippen molar-refractivity contribution in [3.8, 4) is 0 Å². The van der Waals surface area contributed by atoms with E-state index in [-0.39, 0.29) is 5.91 Å². The average Bonchev–Trinajstić information content (AvgIpc) is 2.86. The molecule has 3 N–H and O–H groups in total. The van der Waals surface area contributed by atoms with Gasteiger partial charge in [-0.2, -0.15) is 0 Å². The second-order valence-electron chi connectivity index (χ2n) is 4.43. The van der Waals surface area contributed by atoms with Gasteiger partial charge >= 0.3 is 0 Å². The van der Waals surface area contributed by atoms with Crippen LogP contribution in [0.4, 0.5) is 5.69 Å². The fourth-order valence-corrected chi connectivity index (χ4v) is 1.92. The molecule has 0 radical (unpaired) electrons. The molecular weight excluding hydrogens is 242 g/mol. The van der Waals surface area contributed by atoms with Crippen LogP contribution in [0.2, 0.25) is 0 Å². The molecule has 2 rings (SSSR count). The van der Waals surface area contributed by atoms with Crippen molar-refractivity contribution in [1.29, 1.82) is 0 Å². The summed E-state index contributed by atoms with van der Waals surface area (Å²) in [6.07, 6.45) is 1.49. The molecule has 5 heteroatoms. The molecule has 1 amide bonds. The zero-order valence-corrected chi connectivity index (χ0v) is 11.0. The van der Waals surface area contributed by atoms with Gasteiger partial charge in [-0.05, 0) is 30.7 Å². The van der Waals surface area contributed by atoms with Crippen molar-refractivity contribution in [2.75, 3.05) is 11.9 Å². The molecule has 0 aliphatic heterocycles. The number of carbonyl (C=O) groups is 1. The van der Waals surface area contributed by atoms with Gasteiger partial charge < -0.3 is 9.32 Å². The Morgan fingerprint density at radius 1 is 1.42 bits per heavy atom. The lowest BCUT2D eigenvalue weighted by atomic mass is 10.2. The highest BCUT2D eigenvalue weighted by molar-refractivity contribution is 5.94. The predicted molar refractivity (Wildman–Crippen MR) is 73.6 cm³/mol. The van der Waals surface area contributed by atoms with Gasteiger partial charge in [0.1, 0.15) is 5.76 Å². The van der Waals surface area contributed by atoms with E-state index in [0.717, 1.165) is 5.69 Å². The summed E-state index contributed by atoms with van der Waals surface area (Å²) in [4.78, 5) is 13.6. The maximum absolute atomic E-state index is 11.6. The number of hydrazine groups is 1. The van der Waals surface area contributed by atoms with Crippen molar-refractivity contribution >= 4 is 11.6 Å². The Labute approximate surface area is 112 Å². The van der Waals surface area contributed by atoms with E-state index in [9.17, 15) is 4.79 Å². The van der Waals surface area contributed by atoms with Crippen LogP contribution in [-0.2, 0) is 6.54 Å². The minimum absolute atomic E-state index is 0.346. The van der Waals surface area contributed by atoms with Crippen LogP contribution in [0.15, 0.2) is 41.0 Å². The molecule has 1 aromatic heterocycles. The summed E-state index contributed by atoms with van der Waals surface area (Å²) >= 11 is 0. The third-order valence-corrected chi connectivity index (χ3v) is 2.94. The van der Waals surface area contributed by atoms with E-state index in [4.69, 9.17) is 10.3 Å². The van der Waals surface area contributed by atoms with E-state index < -0.39 is 0 Å². The van der Waals surface area contributed by atoms with Crippen LogP contribution in [0.25, 0.3) is 0 Å². The quantitative estimate of drug-likeness (QED) is 0.499. The van der Waals surface area contributed by atoms with Crippen molar-refractivity contribution < 1.29 is 9.21 Å². The van der Waals surface area contributed by atoms with Gasteiger partial charge in [0.15, 0.2) is 0 Å². The molecule has 0 bridgehead atoms. The van der Waals surface area contributed by atoms with Crippen LogP contribution in [0, 0.1) is 6.92 Å². The molecule has 0 saturated carbocycles. The third kappa shape index (κ3) is 2.95. The lowest BCUT2D eigenvalue weighted by Gasteiger charge is -2.19. The highest BCUT2D eigenvalue weighted by Crippen LogP contribution is 2.19. The van der Waals surface area contributed by atoms with E-state index in [2.05, 4.69) is 11.5 Å². The molecule has 0 aliphatic rings. The first-order valence-electron chi connectivity index (χ1n) is 5.97. The number of nitrogens with one attached hydrogen (secondary N) is 1. The standard InChI is InChI=1S/C14H17N3O2/c1-10-4-3-5-11(8-10)17(2)9-13-12(6-7-19-13)14(18)16-15/h3-8H,9,15H2,1-2H3,(H,16,18). The Morgan fingerprint density at radius 2 is 2.21 bits per heavy atom. The average molecular weight is 259 g/mol. The first kappa shape index (κ1) is 13.2. The maximum atomic E-state index is 11.6. The first-order valence-corrected chi connectivity index (χ1v) is 5.97. The summed E-state index contributed by atoms with van der Waals surface area (Å²) in [6.45, 7) is 2.54. The zero-order chi connectivity index (χ0) is 13.8. The molecular formula is C14H17N3O2. The summed E-state index contributed by atoms with van der Waals surface area (Å²) in [7, 11) is 1.95. The normalized spacial score (nSPS) is 10.3. The number of anilines is 1. The fraction of sp³-hybridized carbons (Fsp3) is 0.214. The van der Waals surface area contributed by atoms with Crippen molar-refractivity contribution in [3.63, 3.8) is 0 Å². The first-order chi connectivity index (χ1) is 9.11. The van der Waals surface area contributed by atoms with Gasteiger partial charge in [-0.25, -0.2) is 5.84 Å². The maximum Gasteiger partial charge on any atom is 0.268 e. The Balaban J connectivity index is 2.17. The van der Waals surface area contributed by atoms with E-state index in [1.165, 1.54) is 11.8 Å². The Bertz CT molecular complexity index is 578. The highest BCUT2D eigenvalue weighted by Gasteiger charge is 2.15. The predicted octanol–water partition coefficient (Wildman–Crippen LogP) is 1.83. The second-order valence-corrected chi connectivity index (χ2v) is 4.43. The number of nitrogens with zero attached hydrogens (tertiary/aromatic N) is 1. The van der Waals surface area contributed by atoms with Crippen LogP contribution >= 0.6 is 0 Å². The van der Waals surface area contributed by atoms with Gasteiger partial charge in [0, 0.05) is 12.7 Å². The second kappa shape index (κ2) is 5.58. The van der Waals surface area contributed by atoms with E-state index in [1.807, 2.05) is 37.1 Å². The Hall–Kier alpha value is -2.27. The zero-order valence-electron chi connectivity index (χ0n) is 11.0. The van der Waals surface area contributed by atoms with Crippen LogP contribution in [0.5, 0.6) is 0 Å². The van der Waals surface area contributed by atoms with E-state index in [1.54, 1.807) is 6.07 Å². The Morgan fingerprint density at radius 3 is 2.89 bits per heavy atom. The molecule has 0 atom stereocenters. The van der Waals surface area contributed by atoms with E-state index >= 15 is 0 Å².